The lowest BCUT2D eigenvalue weighted by Gasteiger charge is -1.98. The van der Waals surface area contributed by atoms with Crippen molar-refractivity contribution in [2.45, 2.75) is 32.2 Å². The SMILES string of the molecule is c1cc[n+](CCCCCc2cc[nH]c2)cc1. The molecule has 0 aromatic carbocycles. The number of hydrogen-bond donors (Lipinski definition) is 1. The Hall–Kier alpha value is -1.57. The van der Waals surface area contributed by atoms with Crippen LogP contribution in [0.3, 0.4) is 0 Å². The van der Waals surface area contributed by atoms with Gasteiger partial charge in [0, 0.05) is 30.9 Å². The maximum atomic E-state index is 3.09. The number of pyridine rings is 1. The van der Waals surface area contributed by atoms with Gasteiger partial charge < -0.3 is 4.98 Å². The molecule has 0 unspecified atom stereocenters. The Morgan fingerprint density at radius 3 is 2.62 bits per heavy atom. The standard InChI is InChI=1S/C14H19N2/c1(3-7-14-8-9-15-13-14)4-10-16-11-5-2-6-12-16/h2,5-6,8-9,11-13,15H,1,3-4,7,10H2/q+1. The summed E-state index contributed by atoms with van der Waals surface area (Å²) in [7, 11) is 0. The van der Waals surface area contributed by atoms with Gasteiger partial charge in [0.1, 0.15) is 6.54 Å². The van der Waals surface area contributed by atoms with Crippen LogP contribution in [0.4, 0.5) is 0 Å². The van der Waals surface area contributed by atoms with Crippen LogP contribution >= 0.6 is 0 Å². The smallest absolute Gasteiger partial charge is 0.168 e. The number of aryl methyl sites for hydroxylation is 2. The van der Waals surface area contributed by atoms with Gasteiger partial charge in [0.2, 0.25) is 0 Å². The summed E-state index contributed by atoms with van der Waals surface area (Å²) in [5.41, 5.74) is 1.42. The molecule has 16 heavy (non-hydrogen) atoms. The summed E-state index contributed by atoms with van der Waals surface area (Å²) in [5.74, 6) is 0. The van der Waals surface area contributed by atoms with E-state index in [1.807, 2.05) is 6.20 Å². The lowest BCUT2D eigenvalue weighted by Crippen LogP contribution is -2.32. The molecule has 0 spiro atoms. The minimum absolute atomic E-state index is 1.13. The van der Waals surface area contributed by atoms with Crippen LogP contribution in [0.5, 0.6) is 0 Å². The summed E-state index contributed by atoms with van der Waals surface area (Å²) in [6.07, 6.45) is 13.4. The van der Waals surface area contributed by atoms with E-state index in [2.05, 4.69) is 52.4 Å². The minimum Gasteiger partial charge on any atom is -0.367 e. The lowest BCUT2D eigenvalue weighted by molar-refractivity contribution is -0.697. The molecular weight excluding hydrogens is 196 g/mol. The fourth-order valence-electron chi connectivity index (χ4n) is 1.90. The van der Waals surface area contributed by atoms with Crippen LogP contribution in [0.2, 0.25) is 0 Å². The van der Waals surface area contributed by atoms with Crippen molar-refractivity contribution in [3.05, 3.63) is 54.6 Å². The Bertz CT molecular complexity index is 378. The molecule has 0 amide bonds. The largest absolute Gasteiger partial charge is 0.367 e. The van der Waals surface area contributed by atoms with E-state index in [4.69, 9.17) is 0 Å². The predicted octanol–water partition coefficient (Wildman–Crippen LogP) is 2.72. The molecule has 0 aliphatic carbocycles. The third-order valence-corrected chi connectivity index (χ3v) is 2.82. The van der Waals surface area contributed by atoms with Gasteiger partial charge in [-0.05, 0) is 30.9 Å². The second-order valence-electron chi connectivity index (χ2n) is 4.14. The molecule has 84 valence electrons. The van der Waals surface area contributed by atoms with Crippen molar-refractivity contribution in [1.29, 1.82) is 0 Å². The van der Waals surface area contributed by atoms with Crippen molar-refractivity contribution in [2.75, 3.05) is 0 Å². The van der Waals surface area contributed by atoms with Crippen molar-refractivity contribution < 1.29 is 4.57 Å². The number of unbranched alkanes of at least 4 members (excludes halogenated alkanes) is 2. The summed E-state index contributed by atoms with van der Waals surface area (Å²) >= 11 is 0. The molecule has 2 aromatic rings. The van der Waals surface area contributed by atoms with Gasteiger partial charge in [-0.15, -0.1) is 0 Å². The van der Waals surface area contributed by atoms with Crippen LogP contribution in [0.15, 0.2) is 49.1 Å². The first kappa shape index (κ1) is 10.9. The highest BCUT2D eigenvalue weighted by Gasteiger charge is 1.98. The Morgan fingerprint density at radius 2 is 1.88 bits per heavy atom. The first-order valence-corrected chi connectivity index (χ1v) is 6.01. The molecule has 0 fully saturated rings. The molecule has 0 aliphatic heterocycles. The molecule has 0 saturated carbocycles. The van der Waals surface area contributed by atoms with E-state index in [-0.39, 0.29) is 0 Å². The number of aromatic amines is 1. The fraction of sp³-hybridized carbons (Fsp3) is 0.357. The van der Waals surface area contributed by atoms with Crippen LogP contribution in [0.1, 0.15) is 24.8 Å². The molecule has 2 heteroatoms. The van der Waals surface area contributed by atoms with E-state index >= 15 is 0 Å². The number of rotatable bonds is 6. The van der Waals surface area contributed by atoms with Crippen molar-refractivity contribution in [1.82, 2.24) is 4.98 Å². The summed E-state index contributed by atoms with van der Waals surface area (Å²) < 4.78 is 2.25. The maximum absolute atomic E-state index is 3.09. The Kier molecular flexibility index (Phi) is 4.17. The van der Waals surface area contributed by atoms with E-state index in [1.165, 1.54) is 31.2 Å². The van der Waals surface area contributed by atoms with Crippen LogP contribution < -0.4 is 4.57 Å². The van der Waals surface area contributed by atoms with E-state index in [0.717, 1.165) is 6.54 Å². The number of nitrogens with one attached hydrogen (secondary N) is 1. The van der Waals surface area contributed by atoms with Crippen molar-refractivity contribution in [2.24, 2.45) is 0 Å². The Labute approximate surface area is 97.0 Å². The summed E-state index contributed by atoms with van der Waals surface area (Å²) in [5, 5.41) is 0. The third-order valence-electron chi connectivity index (χ3n) is 2.82. The monoisotopic (exact) mass is 215 g/mol. The van der Waals surface area contributed by atoms with Gasteiger partial charge in [-0.3, -0.25) is 0 Å². The summed E-state index contributed by atoms with van der Waals surface area (Å²) in [6.45, 7) is 1.13. The molecule has 0 atom stereocenters. The van der Waals surface area contributed by atoms with Crippen LogP contribution in [-0.2, 0) is 13.0 Å². The van der Waals surface area contributed by atoms with Crippen LogP contribution in [0.25, 0.3) is 0 Å². The Morgan fingerprint density at radius 1 is 1.00 bits per heavy atom. The van der Waals surface area contributed by atoms with E-state index in [0.29, 0.717) is 0 Å². The van der Waals surface area contributed by atoms with Crippen LogP contribution in [0, 0.1) is 0 Å². The third kappa shape index (κ3) is 3.54. The zero-order chi connectivity index (χ0) is 11.1. The quantitative estimate of drug-likeness (QED) is 0.564. The minimum atomic E-state index is 1.13. The molecule has 2 aromatic heterocycles. The molecule has 2 heterocycles. The summed E-state index contributed by atoms with van der Waals surface area (Å²) in [6, 6.07) is 8.38. The number of nitrogens with zero attached hydrogens (tertiary/aromatic N) is 1. The zero-order valence-electron chi connectivity index (χ0n) is 9.60. The molecule has 1 N–H and O–H groups in total. The first-order valence-electron chi connectivity index (χ1n) is 6.01. The summed E-state index contributed by atoms with van der Waals surface area (Å²) in [4.78, 5) is 3.09. The van der Waals surface area contributed by atoms with Crippen LogP contribution in [-0.4, -0.2) is 4.98 Å². The zero-order valence-corrected chi connectivity index (χ0v) is 9.60. The van der Waals surface area contributed by atoms with Gasteiger partial charge in [-0.1, -0.05) is 6.07 Å². The second-order valence-corrected chi connectivity index (χ2v) is 4.14. The number of hydrogen-bond acceptors (Lipinski definition) is 0. The molecule has 2 rings (SSSR count). The highest BCUT2D eigenvalue weighted by molar-refractivity contribution is 5.07. The average molecular weight is 215 g/mol. The van der Waals surface area contributed by atoms with Gasteiger partial charge in [0.15, 0.2) is 12.4 Å². The van der Waals surface area contributed by atoms with Gasteiger partial charge in [0.25, 0.3) is 0 Å². The molecule has 0 bridgehead atoms. The highest BCUT2D eigenvalue weighted by Crippen LogP contribution is 2.05. The van der Waals surface area contributed by atoms with Crippen molar-refractivity contribution in [3.8, 4) is 0 Å². The van der Waals surface area contributed by atoms with Gasteiger partial charge in [-0.25, -0.2) is 4.57 Å². The van der Waals surface area contributed by atoms with Gasteiger partial charge in [0.05, 0.1) is 0 Å². The fourth-order valence-corrected chi connectivity index (χ4v) is 1.90. The molecule has 0 aliphatic rings. The predicted molar refractivity (Wildman–Crippen MR) is 65.0 cm³/mol. The van der Waals surface area contributed by atoms with Crippen molar-refractivity contribution >= 4 is 0 Å². The van der Waals surface area contributed by atoms with Crippen molar-refractivity contribution in [3.63, 3.8) is 0 Å². The van der Waals surface area contributed by atoms with Gasteiger partial charge >= 0.3 is 0 Å². The lowest BCUT2D eigenvalue weighted by atomic mass is 10.1. The Balaban J connectivity index is 1.59. The maximum Gasteiger partial charge on any atom is 0.168 e. The molecular formula is C14H19N2+. The molecule has 0 saturated heterocycles. The first-order chi connectivity index (χ1) is 7.95. The molecule has 0 radical (unpaired) electrons. The highest BCUT2D eigenvalue weighted by atomic mass is 14.9. The topological polar surface area (TPSA) is 19.7 Å². The second kappa shape index (κ2) is 6.11. The number of H-pyrrole nitrogens is 1. The van der Waals surface area contributed by atoms with E-state index in [9.17, 15) is 0 Å². The molecule has 2 nitrogen and oxygen atoms in total. The van der Waals surface area contributed by atoms with E-state index < -0.39 is 0 Å². The number of aromatic nitrogens is 2. The average Bonchev–Trinajstić information content (AvgIpc) is 2.83. The van der Waals surface area contributed by atoms with Gasteiger partial charge in [-0.2, -0.15) is 0 Å². The normalized spacial score (nSPS) is 10.5. The van der Waals surface area contributed by atoms with E-state index in [1.54, 1.807) is 0 Å².